The monoisotopic (exact) mass is 1000 g/mol. The number of aromatic nitrogens is 2. The SMILES string of the molecule is COC1C=CC(C(N)=O)=C(C2(C)C(C)=C(F)C=C3OC(CNC4CCC(C(=O)N5CCC(C(=O)N6CCN(c7c#ccc8c(N9CCC(=O)NC9=O)nn(C)c78)CC6)CC5)CC4)(c4ccccc4)[C@@H](C)C32)C1F. The van der Waals surface area contributed by atoms with Crippen molar-refractivity contribution in [1.82, 2.24) is 30.2 Å². The molecule has 0 radical (unpaired) electrons. The molecule has 18 heteroatoms. The Morgan fingerprint density at radius 1 is 0.973 bits per heavy atom. The van der Waals surface area contributed by atoms with Gasteiger partial charge in [0.05, 0.1) is 5.39 Å². The maximum absolute atomic E-state index is 16.7. The highest BCUT2D eigenvalue weighted by Crippen LogP contribution is 2.63. The van der Waals surface area contributed by atoms with Crippen LogP contribution < -0.4 is 26.2 Å². The Morgan fingerprint density at radius 3 is 2.30 bits per heavy atom. The average Bonchev–Trinajstić information content (AvgIpc) is 3.89. The molecule has 4 saturated heterocycles. The van der Waals surface area contributed by atoms with Crippen molar-refractivity contribution in [2.75, 3.05) is 69.3 Å². The first kappa shape index (κ1) is 50.0. The Labute approximate surface area is 424 Å². The molecule has 10 rings (SSSR count). The van der Waals surface area contributed by atoms with Crippen molar-refractivity contribution < 1.29 is 42.2 Å². The molecule has 4 N–H and O–H groups in total. The number of methoxy groups -OCH3 is 1. The molecule has 1 aromatic heterocycles. The number of nitrogens with one attached hydrogen (secondary N) is 2. The van der Waals surface area contributed by atoms with Gasteiger partial charge >= 0.3 is 6.03 Å². The van der Waals surface area contributed by atoms with Gasteiger partial charge in [0, 0.05) is 126 Å². The zero-order chi connectivity index (χ0) is 51.5. The van der Waals surface area contributed by atoms with Crippen LogP contribution in [0.4, 0.5) is 25.1 Å². The number of fused-ring (bicyclic) bond motifs is 2. The van der Waals surface area contributed by atoms with Gasteiger partial charge in [-0.1, -0.05) is 62.4 Å². The zero-order valence-electron chi connectivity index (χ0n) is 42.2. The van der Waals surface area contributed by atoms with E-state index >= 15 is 8.78 Å². The summed E-state index contributed by atoms with van der Waals surface area (Å²) in [6, 6.07) is 17.5. The number of carbonyl (C=O) groups excluding carboxylic acids is 5. The number of carbonyl (C=O) groups is 5. The lowest BCUT2D eigenvalue weighted by Gasteiger charge is -2.46. The Balaban J connectivity index is 0.742. The number of primary amides is 1. The molecule has 4 aliphatic heterocycles. The van der Waals surface area contributed by atoms with Crippen LogP contribution in [0.2, 0.25) is 0 Å². The summed E-state index contributed by atoms with van der Waals surface area (Å²) in [5, 5.41) is 11.5. The van der Waals surface area contributed by atoms with Crippen LogP contribution in [0.3, 0.4) is 0 Å². The van der Waals surface area contributed by atoms with Crippen LogP contribution in [0.5, 0.6) is 0 Å². The van der Waals surface area contributed by atoms with Crippen LogP contribution in [0, 0.1) is 41.2 Å². The first-order valence-electron chi connectivity index (χ1n) is 25.7. The number of nitrogens with zero attached hydrogens (tertiary/aromatic N) is 6. The summed E-state index contributed by atoms with van der Waals surface area (Å²) in [6.07, 6.45) is 6.02. The quantitative estimate of drug-likeness (QED) is 0.216. The predicted molar refractivity (Wildman–Crippen MR) is 269 cm³/mol. The molecule has 1 saturated carbocycles. The zero-order valence-corrected chi connectivity index (χ0v) is 42.2. The number of urea groups is 1. The van der Waals surface area contributed by atoms with Gasteiger partial charge in [0.1, 0.15) is 34.5 Å². The lowest BCUT2D eigenvalue weighted by molar-refractivity contribution is -0.143. The number of alkyl halides is 1. The van der Waals surface area contributed by atoms with E-state index < -0.39 is 47.0 Å². The molecule has 6 amide bonds. The molecular weight excluding hydrogens is 937 g/mol. The van der Waals surface area contributed by atoms with E-state index in [1.807, 2.05) is 47.2 Å². The summed E-state index contributed by atoms with van der Waals surface area (Å²) in [5.74, 6) is -1.72. The average molecular weight is 1000 g/mol. The topological polar surface area (TPSA) is 185 Å². The second-order valence-corrected chi connectivity index (χ2v) is 21.1. The summed E-state index contributed by atoms with van der Waals surface area (Å²) >= 11 is 0. The van der Waals surface area contributed by atoms with Crippen molar-refractivity contribution in [2.24, 2.45) is 41.9 Å². The van der Waals surface area contributed by atoms with E-state index in [0.29, 0.717) is 88.6 Å². The number of imide groups is 1. The molecule has 5 heterocycles. The van der Waals surface area contributed by atoms with E-state index in [4.69, 9.17) is 15.2 Å². The number of hydrogen-bond acceptors (Lipinski definition) is 10. The maximum atomic E-state index is 16.7. The number of likely N-dealkylation sites (tertiary alicyclic amines) is 1. The van der Waals surface area contributed by atoms with Gasteiger partial charge in [-0.25, -0.2) is 13.6 Å². The number of amides is 6. The Bertz CT molecular complexity index is 2820. The van der Waals surface area contributed by atoms with E-state index in [1.165, 1.54) is 30.2 Å². The predicted octanol–water partition coefficient (Wildman–Crippen LogP) is 5.69. The molecule has 73 heavy (non-hydrogen) atoms. The molecule has 2 aromatic carbocycles. The number of nitrogens with two attached hydrogens (primary N) is 1. The van der Waals surface area contributed by atoms with Crippen molar-refractivity contribution in [3.63, 3.8) is 0 Å². The summed E-state index contributed by atoms with van der Waals surface area (Å²) in [4.78, 5) is 72.8. The molecule has 3 aliphatic carbocycles. The Morgan fingerprint density at radius 2 is 1.64 bits per heavy atom. The maximum Gasteiger partial charge on any atom is 0.329 e. The van der Waals surface area contributed by atoms with Crippen molar-refractivity contribution in [1.29, 1.82) is 0 Å². The normalized spacial score (nSPS) is 30.0. The van der Waals surface area contributed by atoms with Crippen molar-refractivity contribution in [3.8, 4) is 0 Å². The van der Waals surface area contributed by atoms with Gasteiger partial charge in [0.15, 0.2) is 12.0 Å². The number of anilines is 2. The molecule has 6 atom stereocenters. The van der Waals surface area contributed by atoms with Gasteiger partial charge in [0.25, 0.3) is 0 Å². The van der Waals surface area contributed by atoms with Crippen molar-refractivity contribution in [3.05, 3.63) is 101 Å². The summed E-state index contributed by atoms with van der Waals surface area (Å²) < 4.78 is 47.1. The van der Waals surface area contributed by atoms with Crippen LogP contribution in [0.25, 0.3) is 10.9 Å². The first-order chi connectivity index (χ1) is 35.0. The summed E-state index contributed by atoms with van der Waals surface area (Å²) in [7, 11) is 3.21. The minimum absolute atomic E-state index is 0.00834. The van der Waals surface area contributed by atoms with E-state index in [-0.39, 0.29) is 65.6 Å². The van der Waals surface area contributed by atoms with Crippen LogP contribution in [-0.2, 0) is 41.3 Å². The number of piperazine rings is 1. The Hall–Kier alpha value is -6.58. The van der Waals surface area contributed by atoms with E-state index in [2.05, 4.69) is 39.7 Å². The molecule has 5 unspecified atom stereocenters. The third-order valence-electron chi connectivity index (χ3n) is 17.3. The van der Waals surface area contributed by atoms with Crippen LogP contribution in [-0.4, -0.2) is 127 Å². The first-order valence-corrected chi connectivity index (χ1v) is 25.7. The molecule has 3 aromatic rings. The van der Waals surface area contributed by atoms with E-state index in [9.17, 15) is 24.0 Å². The minimum atomic E-state index is -1.76. The number of hydrogen-bond donors (Lipinski definition) is 3. The lowest BCUT2D eigenvalue weighted by Crippen LogP contribution is -2.52. The van der Waals surface area contributed by atoms with Gasteiger partial charge in [-0.05, 0) is 68.2 Å². The van der Waals surface area contributed by atoms with Crippen molar-refractivity contribution >= 4 is 52.1 Å². The molecule has 0 bridgehead atoms. The second kappa shape index (κ2) is 19.7. The van der Waals surface area contributed by atoms with Gasteiger partial charge in [-0.2, -0.15) is 5.10 Å². The highest BCUT2D eigenvalue weighted by atomic mass is 19.1. The Kier molecular flexibility index (Phi) is 13.5. The number of rotatable bonds is 11. The van der Waals surface area contributed by atoms with Crippen LogP contribution in [0.15, 0.2) is 82.9 Å². The van der Waals surface area contributed by atoms with Crippen LogP contribution >= 0.6 is 0 Å². The minimum Gasteiger partial charge on any atom is -0.485 e. The van der Waals surface area contributed by atoms with Crippen molar-refractivity contribution in [2.45, 2.75) is 89.6 Å². The molecule has 5 fully saturated rings. The summed E-state index contributed by atoms with van der Waals surface area (Å²) in [5.41, 5.74) is 6.44. The molecule has 16 nitrogen and oxygen atoms in total. The highest BCUT2D eigenvalue weighted by molar-refractivity contribution is 6.10. The number of ether oxygens (including phenoxy) is 2. The smallest absolute Gasteiger partial charge is 0.329 e. The molecule has 386 valence electrons. The molecular formula is C55H65F2N9O7. The van der Waals surface area contributed by atoms with E-state index in [0.717, 1.165) is 35.0 Å². The van der Waals surface area contributed by atoms with Gasteiger partial charge in [-0.15, -0.1) is 0 Å². The fourth-order valence-corrected chi connectivity index (χ4v) is 13.1. The fourth-order valence-electron chi connectivity index (χ4n) is 13.1. The van der Waals surface area contributed by atoms with E-state index in [1.54, 1.807) is 24.6 Å². The third kappa shape index (κ3) is 8.65. The second-order valence-electron chi connectivity index (χ2n) is 21.1. The highest BCUT2D eigenvalue weighted by Gasteiger charge is 2.62. The summed E-state index contributed by atoms with van der Waals surface area (Å²) in [6.45, 7) is 9.42. The van der Waals surface area contributed by atoms with Gasteiger partial charge in [0.2, 0.25) is 23.6 Å². The number of halogens is 2. The number of piperidine rings is 1. The standard InChI is InChI=1S/C55H65F2N9O7/c1-32-40(56)30-43-45(54(32,3)46-38(49(58)68)18-19-42(72-5)47(46)57)33(2)55(73-43,36-10-7-6-8-11-36)31-59-37-16-14-34(15-17-37)51(69)64-23-20-35(21-24-64)52(70)65-28-26-63(27-29-65)41-13-9-12-39-48(41)62(4)61-50(39)66-25-22-44(67)60-53(66)71/h6-8,10-12,18-19,30,33-35,37,42,45,47,59H,14-17,20-29,31H2,1-5H3,(H2,58,68)(H,60,67,71)/t33-,34?,37?,42?,45?,47?,54?,55?/m0/s1. The number of allylic oxidation sites excluding steroid dienone is 4. The molecule has 7 aliphatic rings. The van der Waals surface area contributed by atoms with Crippen LogP contribution in [0.1, 0.15) is 71.3 Å². The number of benzene rings is 1. The lowest BCUT2D eigenvalue weighted by atomic mass is 9.56. The fraction of sp³-hybridized carbons (Fsp3) is 0.527. The third-order valence-corrected chi connectivity index (χ3v) is 17.3. The van der Waals surface area contributed by atoms with Gasteiger partial charge in [-0.3, -0.25) is 34.1 Å². The number of aryl methyl sites for hydroxylation is 1. The largest absolute Gasteiger partial charge is 0.485 e. The molecule has 0 spiro atoms. The van der Waals surface area contributed by atoms with Gasteiger partial charge < -0.3 is 35.2 Å².